The summed E-state index contributed by atoms with van der Waals surface area (Å²) in [4.78, 5) is 10.6. The molecule has 110 valence electrons. The predicted molar refractivity (Wildman–Crippen MR) is 76.8 cm³/mol. The van der Waals surface area contributed by atoms with Crippen molar-refractivity contribution >= 4 is 5.69 Å². The number of benzene rings is 2. The number of hydrogen-bond acceptors (Lipinski definition) is 5. The van der Waals surface area contributed by atoms with Crippen LogP contribution in [0.2, 0.25) is 0 Å². The molecule has 2 aromatic carbocycles. The first-order valence-corrected chi connectivity index (χ1v) is 6.26. The monoisotopic (exact) mass is 289 g/mol. The lowest BCUT2D eigenvalue weighted by Gasteiger charge is -2.11. The number of hydrogen-bond donors (Lipinski definition) is 1. The lowest BCUT2D eigenvalue weighted by molar-refractivity contribution is -0.385. The smallest absolute Gasteiger partial charge is 0.311 e. The first kappa shape index (κ1) is 14.8. The van der Waals surface area contributed by atoms with Crippen LogP contribution < -0.4 is 9.47 Å². The van der Waals surface area contributed by atoms with Gasteiger partial charge in [-0.15, -0.1) is 0 Å². The zero-order valence-electron chi connectivity index (χ0n) is 11.7. The summed E-state index contributed by atoms with van der Waals surface area (Å²) in [6.07, 6.45) is 0. The van der Waals surface area contributed by atoms with Crippen molar-refractivity contribution in [2.75, 3.05) is 7.11 Å². The van der Waals surface area contributed by atoms with Crippen LogP contribution >= 0.6 is 0 Å². The maximum absolute atomic E-state index is 11.1. The van der Waals surface area contributed by atoms with Gasteiger partial charge in [0, 0.05) is 6.07 Å². The van der Waals surface area contributed by atoms with Crippen molar-refractivity contribution in [3.63, 3.8) is 0 Å². The summed E-state index contributed by atoms with van der Waals surface area (Å²) >= 11 is 0. The number of nitrogens with zero attached hydrogens (tertiary/aromatic N) is 1. The van der Waals surface area contributed by atoms with Gasteiger partial charge in [-0.3, -0.25) is 10.1 Å². The highest BCUT2D eigenvalue weighted by Gasteiger charge is 2.18. The van der Waals surface area contributed by atoms with E-state index in [0.29, 0.717) is 17.1 Å². The number of aryl methyl sites for hydroxylation is 1. The van der Waals surface area contributed by atoms with Gasteiger partial charge in [0.15, 0.2) is 11.5 Å². The number of aliphatic hydroxyl groups excluding tert-OH is 1. The highest BCUT2D eigenvalue weighted by atomic mass is 16.6. The van der Waals surface area contributed by atoms with E-state index in [4.69, 9.17) is 14.6 Å². The minimum Gasteiger partial charge on any atom is -0.493 e. The zero-order valence-corrected chi connectivity index (χ0v) is 11.7. The van der Waals surface area contributed by atoms with Crippen molar-refractivity contribution in [1.29, 1.82) is 0 Å². The van der Waals surface area contributed by atoms with Gasteiger partial charge in [0.25, 0.3) is 0 Å². The fourth-order valence-corrected chi connectivity index (χ4v) is 1.87. The van der Waals surface area contributed by atoms with Crippen LogP contribution in [-0.2, 0) is 6.61 Å². The minimum atomic E-state index is -0.546. The molecule has 0 fully saturated rings. The van der Waals surface area contributed by atoms with Crippen LogP contribution in [0.15, 0.2) is 36.4 Å². The summed E-state index contributed by atoms with van der Waals surface area (Å²) in [5, 5.41) is 20.2. The predicted octanol–water partition coefficient (Wildman–Crippen LogP) is 3.20. The molecule has 2 rings (SSSR count). The van der Waals surface area contributed by atoms with E-state index in [9.17, 15) is 10.1 Å². The van der Waals surface area contributed by atoms with Crippen molar-refractivity contribution in [3.8, 4) is 17.2 Å². The van der Waals surface area contributed by atoms with Gasteiger partial charge in [0.05, 0.1) is 18.6 Å². The van der Waals surface area contributed by atoms with Crippen molar-refractivity contribution in [1.82, 2.24) is 0 Å². The highest BCUT2D eigenvalue weighted by Crippen LogP contribution is 2.37. The van der Waals surface area contributed by atoms with E-state index >= 15 is 0 Å². The fourth-order valence-electron chi connectivity index (χ4n) is 1.87. The molecule has 2 aromatic rings. The van der Waals surface area contributed by atoms with Gasteiger partial charge in [0.2, 0.25) is 5.75 Å². The van der Waals surface area contributed by atoms with Crippen LogP contribution in [-0.4, -0.2) is 17.1 Å². The number of nitro benzene ring substituents is 1. The average molecular weight is 289 g/mol. The molecule has 0 aliphatic heterocycles. The number of aliphatic hydroxyl groups is 1. The molecule has 0 aromatic heterocycles. The van der Waals surface area contributed by atoms with E-state index in [1.807, 2.05) is 13.0 Å². The third-order valence-corrected chi connectivity index (χ3v) is 2.94. The fraction of sp³-hybridized carbons (Fsp3) is 0.200. The summed E-state index contributed by atoms with van der Waals surface area (Å²) in [6, 6.07) is 9.62. The van der Waals surface area contributed by atoms with Gasteiger partial charge in [-0.25, -0.2) is 0 Å². The van der Waals surface area contributed by atoms with E-state index in [1.54, 1.807) is 18.2 Å². The molecule has 0 bridgehead atoms. The molecule has 0 spiro atoms. The molecule has 0 atom stereocenters. The third-order valence-electron chi connectivity index (χ3n) is 2.94. The largest absolute Gasteiger partial charge is 0.493 e. The molecule has 0 saturated carbocycles. The molecular weight excluding hydrogens is 274 g/mol. The van der Waals surface area contributed by atoms with Gasteiger partial charge in [-0.05, 0) is 36.2 Å². The Hall–Kier alpha value is -2.60. The van der Waals surface area contributed by atoms with Crippen LogP contribution in [0.3, 0.4) is 0 Å². The standard InChI is InChI=1S/C15H15NO5/c1-10-3-5-14(15(7-10)20-2)21-13-6-4-11(9-17)8-12(13)16(18)19/h3-8,17H,9H2,1-2H3. The molecule has 0 unspecified atom stereocenters. The molecule has 6 heteroatoms. The van der Waals surface area contributed by atoms with Crippen LogP contribution in [0.25, 0.3) is 0 Å². The lowest BCUT2D eigenvalue weighted by Crippen LogP contribution is -1.97. The second-order valence-electron chi connectivity index (χ2n) is 4.47. The summed E-state index contributed by atoms with van der Waals surface area (Å²) in [5.74, 6) is 0.984. The molecule has 0 radical (unpaired) electrons. The van der Waals surface area contributed by atoms with Gasteiger partial charge >= 0.3 is 5.69 Å². The summed E-state index contributed by atoms with van der Waals surface area (Å²) < 4.78 is 10.8. The van der Waals surface area contributed by atoms with Crippen molar-refractivity contribution in [3.05, 3.63) is 57.6 Å². The first-order chi connectivity index (χ1) is 10.0. The molecular formula is C15H15NO5. The van der Waals surface area contributed by atoms with Gasteiger partial charge in [-0.1, -0.05) is 12.1 Å². The Morgan fingerprint density at radius 1 is 1.14 bits per heavy atom. The first-order valence-electron chi connectivity index (χ1n) is 6.26. The molecule has 21 heavy (non-hydrogen) atoms. The number of ether oxygens (including phenoxy) is 2. The van der Waals surface area contributed by atoms with Crippen molar-refractivity contribution in [2.24, 2.45) is 0 Å². The number of nitro groups is 1. The third kappa shape index (κ3) is 3.29. The van der Waals surface area contributed by atoms with Crippen LogP contribution in [0.1, 0.15) is 11.1 Å². The second-order valence-corrected chi connectivity index (χ2v) is 4.47. The van der Waals surface area contributed by atoms with Gasteiger partial charge in [0.1, 0.15) is 0 Å². The van der Waals surface area contributed by atoms with E-state index < -0.39 is 4.92 Å². The number of rotatable bonds is 5. The molecule has 0 saturated heterocycles. The summed E-state index contributed by atoms with van der Waals surface area (Å²) in [7, 11) is 1.50. The van der Waals surface area contributed by atoms with E-state index in [1.165, 1.54) is 19.2 Å². The van der Waals surface area contributed by atoms with E-state index in [-0.39, 0.29) is 18.0 Å². The SMILES string of the molecule is COc1cc(C)ccc1Oc1ccc(CO)cc1[N+](=O)[O-]. The maximum Gasteiger partial charge on any atom is 0.311 e. The molecule has 1 N–H and O–H groups in total. The molecule has 6 nitrogen and oxygen atoms in total. The zero-order chi connectivity index (χ0) is 15.4. The normalized spacial score (nSPS) is 10.2. The Balaban J connectivity index is 2.42. The average Bonchev–Trinajstić information content (AvgIpc) is 2.49. The Labute approximate surface area is 121 Å². The summed E-state index contributed by atoms with van der Waals surface area (Å²) in [5.41, 5.74) is 1.23. The molecule has 0 heterocycles. The van der Waals surface area contributed by atoms with Crippen LogP contribution in [0.4, 0.5) is 5.69 Å². The summed E-state index contributed by atoms with van der Waals surface area (Å²) in [6.45, 7) is 1.64. The van der Waals surface area contributed by atoms with Crippen molar-refractivity contribution in [2.45, 2.75) is 13.5 Å². The van der Waals surface area contributed by atoms with Crippen LogP contribution in [0, 0.1) is 17.0 Å². The van der Waals surface area contributed by atoms with E-state index in [0.717, 1.165) is 5.56 Å². The minimum absolute atomic E-state index is 0.0966. The Morgan fingerprint density at radius 3 is 2.48 bits per heavy atom. The lowest BCUT2D eigenvalue weighted by atomic mass is 10.2. The van der Waals surface area contributed by atoms with Gasteiger partial charge < -0.3 is 14.6 Å². The van der Waals surface area contributed by atoms with Crippen LogP contribution in [0.5, 0.6) is 17.2 Å². The Morgan fingerprint density at radius 2 is 1.86 bits per heavy atom. The van der Waals surface area contributed by atoms with Gasteiger partial charge in [-0.2, -0.15) is 0 Å². The highest BCUT2D eigenvalue weighted by molar-refractivity contribution is 5.53. The second kappa shape index (κ2) is 6.23. The molecule has 0 aliphatic carbocycles. The van der Waals surface area contributed by atoms with E-state index in [2.05, 4.69) is 0 Å². The Kier molecular flexibility index (Phi) is 4.39. The maximum atomic E-state index is 11.1. The molecule has 0 amide bonds. The molecule has 0 aliphatic rings. The van der Waals surface area contributed by atoms with Crippen molar-refractivity contribution < 1.29 is 19.5 Å². The number of methoxy groups -OCH3 is 1. The quantitative estimate of drug-likeness (QED) is 0.675. The topological polar surface area (TPSA) is 81.8 Å². The Bertz CT molecular complexity index is 669.